The Morgan fingerprint density at radius 3 is 1.83 bits per heavy atom. The van der Waals surface area contributed by atoms with Gasteiger partial charge >= 0.3 is 6.18 Å². The van der Waals surface area contributed by atoms with Crippen LogP contribution < -0.4 is 0 Å². The highest BCUT2D eigenvalue weighted by molar-refractivity contribution is 4.39. The van der Waals surface area contributed by atoms with Crippen molar-refractivity contribution in [1.82, 2.24) is 0 Å². The van der Waals surface area contributed by atoms with E-state index in [1.54, 1.807) is 0 Å². The van der Waals surface area contributed by atoms with Crippen LogP contribution in [0.5, 0.6) is 0 Å². The Balaban J connectivity index is 3.54. The molecule has 0 aliphatic heterocycles. The average molecular weight is 100 g/mol. The molecule has 3 heteroatoms. The SMILES string of the molecule is [3H]C(C)C(F)(F)F. The van der Waals surface area contributed by atoms with Gasteiger partial charge in [0.25, 0.3) is 0 Å². The van der Waals surface area contributed by atoms with Crippen molar-refractivity contribution >= 4 is 0 Å². The van der Waals surface area contributed by atoms with E-state index < -0.39 is 12.6 Å². The fourth-order valence-corrected chi connectivity index (χ4v) is 0. The summed E-state index contributed by atoms with van der Waals surface area (Å²) in [5.41, 5.74) is 0. The number of alkyl halides is 3. The standard InChI is InChI=1S/C3H5F3/c1-2-3(4,5)6/h2H2,1H3/i2T. The lowest BCUT2D eigenvalue weighted by atomic mass is 10.5. The van der Waals surface area contributed by atoms with Gasteiger partial charge in [0.15, 0.2) is 0 Å². The van der Waals surface area contributed by atoms with E-state index in [0.29, 0.717) is 0 Å². The first-order valence-electron chi connectivity index (χ1n) is 2.01. The van der Waals surface area contributed by atoms with Crippen molar-refractivity contribution in [2.24, 2.45) is 0 Å². The Kier molecular flexibility index (Phi) is 0.986. The fourth-order valence-electron chi connectivity index (χ4n) is 0. The summed E-state index contributed by atoms with van der Waals surface area (Å²) in [5.74, 6) is 0. The minimum Gasteiger partial charge on any atom is -0.171 e. The maximum Gasteiger partial charge on any atom is 0.388 e. The quantitative estimate of drug-likeness (QED) is 0.436. The van der Waals surface area contributed by atoms with E-state index in [2.05, 4.69) is 0 Å². The molecule has 0 aliphatic rings. The molecule has 0 amide bonds. The van der Waals surface area contributed by atoms with Crippen molar-refractivity contribution in [1.29, 1.82) is 0 Å². The Hall–Kier alpha value is -0.210. The molecule has 1 atom stereocenters. The summed E-state index contributed by atoms with van der Waals surface area (Å²) in [6, 6.07) is 0. The Bertz CT molecular complexity index is 55.7. The van der Waals surface area contributed by atoms with Crippen LogP contribution in [0, 0.1) is 0 Å². The summed E-state index contributed by atoms with van der Waals surface area (Å²) in [7, 11) is 0. The minimum atomic E-state index is -4.33. The monoisotopic (exact) mass is 100 g/mol. The van der Waals surface area contributed by atoms with Crippen LogP contribution in [0.15, 0.2) is 0 Å². The second-order valence-electron chi connectivity index (χ2n) is 0.830. The largest absolute Gasteiger partial charge is 0.388 e. The van der Waals surface area contributed by atoms with Crippen molar-refractivity contribution in [2.45, 2.75) is 19.5 Å². The summed E-state index contributed by atoms with van der Waals surface area (Å²) in [5, 5.41) is 0. The molecule has 0 bridgehead atoms. The van der Waals surface area contributed by atoms with Gasteiger partial charge in [-0.3, -0.25) is 0 Å². The van der Waals surface area contributed by atoms with E-state index >= 15 is 0 Å². The zero-order valence-electron chi connectivity index (χ0n) is 4.21. The summed E-state index contributed by atoms with van der Waals surface area (Å²) in [6.45, 7) is 0.792. The second-order valence-corrected chi connectivity index (χ2v) is 0.830. The van der Waals surface area contributed by atoms with Gasteiger partial charge in [-0.1, -0.05) is 6.92 Å². The molecule has 0 spiro atoms. The van der Waals surface area contributed by atoms with Crippen LogP contribution >= 0.6 is 0 Å². The molecule has 0 saturated heterocycles. The highest BCUT2D eigenvalue weighted by atomic mass is 19.4. The van der Waals surface area contributed by atoms with E-state index in [-0.39, 0.29) is 0 Å². The van der Waals surface area contributed by atoms with Crippen molar-refractivity contribution in [2.75, 3.05) is 0 Å². The van der Waals surface area contributed by atoms with Gasteiger partial charge in [-0.15, -0.1) is 0 Å². The lowest BCUT2D eigenvalue weighted by molar-refractivity contribution is -0.130. The number of hydrogen-bond donors (Lipinski definition) is 0. The van der Waals surface area contributed by atoms with Gasteiger partial charge in [0.05, 0.1) is 0 Å². The van der Waals surface area contributed by atoms with E-state index in [0.717, 1.165) is 6.92 Å². The lowest BCUT2D eigenvalue weighted by Crippen LogP contribution is -2.02. The van der Waals surface area contributed by atoms with E-state index in [1.165, 1.54) is 0 Å². The van der Waals surface area contributed by atoms with Gasteiger partial charge in [-0.2, -0.15) is 13.2 Å². The maximum absolute atomic E-state index is 11.0. The summed E-state index contributed by atoms with van der Waals surface area (Å²) >= 11 is 0. The molecule has 0 radical (unpaired) electrons. The summed E-state index contributed by atoms with van der Waals surface area (Å²) in [4.78, 5) is 0. The zero-order chi connectivity index (χ0) is 6.08. The van der Waals surface area contributed by atoms with Gasteiger partial charge in [0.1, 0.15) is 0 Å². The first-order valence-corrected chi connectivity index (χ1v) is 1.43. The summed E-state index contributed by atoms with van der Waals surface area (Å²) in [6.07, 6.45) is -6.28. The maximum atomic E-state index is 11.0. The molecule has 0 aromatic rings. The molecule has 0 N–H and O–H groups in total. The molecular formula is C3H5F3. The Morgan fingerprint density at radius 2 is 1.83 bits per heavy atom. The van der Waals surface area contributed by atoms with Crippen molar-refractivity contribution in [3.05, 3.63) is 0 Å². The molecule has 0 aliphatic carbocycles. The predicted molar refractivity (Wildman–Crippen MR) is 16.3 cm³/mol. The number of rotatable bonds is 0. The second kappa shape index (κ2) is 1.49. The van der Waals surface area contributed by atoms with E-state index in [1.807, 2.05) is 0 Å². The van der Waals surface area contributed by atoms with Crippen molar-refractivity contribution in [3.63, 3.8) is 0 Å². The van der Waals surface area contributed by atoms with Crippen LogP contribution in [0.1, 0.15) is 14.7 Å². The number of hydrogen-bond acceptors (Lipinski definition) is 0. The zero-order valence-corrected chi connectivity index (χ0v) is 3.21. The Labute approximate surface area is 35.4 Å². The van der Waals surface area contributed by atoms with Gasteiger partial charge in [0.2, 0.25) is 0 Å². The summed E-state index contributed by atoms with van der Waals surface area (Å²) < 4.78 is 39.1. The first kappa shape index (κ1) is 3.96. The van der Waals surface area contributed by atoms with E-state index in [4.69, 9.17) is 1.37 Å². The fraction of sp³-hybridized carbons (Fsp3) is 1.00. The predicted octanol–water partition coefficient (Wildman–Crippen LogP) is 1.96. The van der Waals surface area contributed by atoms with Gasteiger partial charge in [0, 0.05) is 7.77 Å². The molecule has 0 aromatic heterocycles. The third-order valence-corrected chi connectivity index (χ3v) is 0.327. The highest BCUT2D eigenvalue weighted by Crippen LogP contribution is 2.17. The molecule has 1 unspecified atom stereocenters. The van der Waals surface area contributed by atoms with Crippen LogP contribution in [-0.4, -0.2) is 6.18 Å². The molecule has 0 heterocycles. The van der Waals surface area contributed by atoms with Crippen molar-refractivity contribution < 1.29 is 14.5 Å². The van der Waals surface area contributed by atoms with Crippen LogP contribution in [0.25, 0.3) is 0 Å². The van der Waals surface area contributed by atoms with Crippen molar-refractivity contribution in [3.8, 4) is 0 Å². The lowest BCUT2D eigenvalue weighted by Gasteiger charge is -1.96. The topological polar surface area (TPSA) is 0 Å². The van der Waals surface area contributed by atoms with Crippen LogP contribution in [-0.2, 0) is 0 Å². The smallest absolute Gasteiger partial charge is 0.171 e. The van der Waals surface area contributed by atoms with Gasteiger partial charge in [-0.25, -0.2) is 0 Å². The molecule has 0 nitrogen and oxygen atoms in total. The molecular weight excluding hydrogens is 93.0 g/mol. The molecule has 0 saturated carbocycles. The van der Waals surface area contributed by atoms with Gasteiger partial charge < -0.3 is 0 Å². The van der Waals surface area contributed by atoms with Gasteiger partial charge in [-0.05, 0) is 0 Å². The molecule has 0 aromatic carbocycles. The first-order chi connectivity index (χ1) is 2.94. The Morgan fingerprint density at radius 1 is 1.67 bits per heavy atom. The third-order valence-electron chi connectivity index (χ3n) is 0.327. The molecule has 0 rings (SSSR count). The molecule has 6 heavy (non-hydrogen) atoms. The van der Waals surface area contributed by atoms with E-state index in [9.17, 15) is 13.2 Å². The molecule has 38 valence electrons. The normalized spacial score (nSPS) is 19.7. The minimum absolute atomic E-state index is 0.792. The van der Waals surface area contributed by atoms with Crippen LogP contribution in [0.4, 0.5) is 13.2 Å². The van der Waals surface area contributed by atoms with Crippen LogP contribution in [0.3, 0.4) is 0 Å². The molecule has 0 fully saturated rings. The number of halogens is 3. The highest BCUT2D eigenvalue weighted by Gasteiger charge is 2.22. The van der Waals surface area contributed by atoms with Crippen LogP contribution in [0.2, 0.25) is 0 Å². The third kappa shape index (κ3) is 3.79. The average Bonchev–Trinajstić information content (AvgIpc) is 1.31.